The molecule has 0 spiro atoms. The van der Waals surface area contributed by atoms with Gasteiger partial charge >= 0.3 is 0 Å². The summed E-state index contributed by atoms with van der Waals surface area (Å²) in [6.07, 6.45) is 0. The van der Waals surface area contributed by atoms with E-state index in [1.807, 2.05) is 25.1 Å². The van der Waals surface area contributed by atoms with Gasteiger partial charge in [0.1, 0.15) is 0 Å². The molecular weight excluding hydrogens is 390 g/mol. The topological polar surface area (TPSA) is 45.2 Å². The summed E-state index contributed by atoms with van der Waals surface area (Å²) in [6, 6.07) is 14.6. The fraction of sp³-hybridized carbons (Fsp3) is 0.364. The number of rotatable bonds is 2. The van der Waals surface area contributed by atoms with Crippen LogP contribution in [0.1, 0.15) is 32.5 Å². The van der Waals surface area contributed by atoms with E-state index in [0.717, 1.165) is 40.4 Å². The van der Waals surface area contributed by atoms with Crippen LogP contribution in [0, 0.1) is 25.7 Å². The second-order valence-corrected chi connectivity index (χ2v) is 8.99. The van der Waals surface area contributed by atoms with Crippen molar-refractivity contribution in [3.05, 3.63) is 64.2 Å². The van der Waals surface area contributed by atoms with Gasteiger partial charge in [-0.2, -0.15) is 0 Å². The fourth-order valence-electron chi connectivity index (χ4n) is 4.79. The Balaban J connectivity index is 0.00000192. The largest absolute Gasteiger partial charge is 0.331 e. The van der Waals surface area contributed by atoms with E-state index in [1.165, 1.54) is 11.1 Å². The summed E-state index contributed by atoms with van der Waals surface area (Å²) in [5, 5.41) is 4.56. The number of carbonyl (C=O) groups excluding carboxylic acids is 1. The van der Waals surface area contributed by atoms with Crippen molar-refractivity contribution in [3.63, 3.8) is 0 Å². The molecule has 0 radical (unpaired) electrons. The van der Waals surface area contributed by atoms with E-state index in [-0.39, 0.29) is 24.4 Å². The molecule has 0 bridgehead atoms. The maximum atomic E-state index is 13.5. The Kier molecular flexibility index (Phi) is 5.17. The number of nitrogens with one attached hydrogen (secondary N) is 1. The van der Waals surface area contributed by atoms with Crippen LogP contribution in [0.2, 0.25) is 0 Å². The molecule has 2 fully saturated rings. The van der Waals surface area contributed by atoms with Crippen LogP contribution in [0.25, 0.3) is 10.2 Å². The Morgan fingerprint density at radius 3 is 2.82 bits per heavy atom. The van der Waals surface area contributed by atoms with E-state index in [1.54, 1.807) is 11.3 Å². The number of likely N-dealkylation sites (tertiary alicyclic amines) is 1. The molecule has 2 aromatic carbocycles. The quantitative estimate of drug-likeness (QED) is 0.678. The van der Waals surface area contributed by atoms with E-state index in [4.69, 9.17) is 0 Å². The average molecular weight is 414 g/mol. The maximum Gasteiger partial charge on any atom is 0.254 e. The van der Waals surface area contributed by atoms with Crippen LogP contribution < -0.4 is 5.32 Å². The van der Waals surface area contributed by atoms with Crippen LogP contribution in [-0.2, 0) is 0 Å². The zero-order valence-electron chi connectivity index (χ0n) is 16.0. The molecule has 0 aliphatic carbocycles. The van der Waals surface area contributed by atoms with Gasteiger partial charge in [-0.3, -0.25) is 4.79 Å². The maximum absolute atomic E-state index is 13.5. The summed E-state index contributed by atoms with van der Waals surface area (Å²) in [6.45, 7) is 6.98. The van der Waals surface area contributed by atoms with Crippen molar-refractivity contribution in [3.8, 4) is 0 Å². The van der Waals surface area contributed by atoms with Gasteiger partial charge in [0.25, 0.3) is 5.91 Å². The molecule has 4 nitrogen and oxygen atoms in total. The van der Waals surface area contributed by atoms with Gasteiger partial charge in [-0.05, 0) is 49.1 Å². The third-order valence-corrected chi connectivity index (χ3v) is 7.01. The first-order valence-corrected chi connectivity index (χ1v) is 10.4. The summed E-state index contributed by atoms with van der Waals surface area (Å²) < 4.78 is 1.09. The normalized spacial score (nSPS) is 23.6. The number of hydrogen-bond acceptors (Lipinski definition) is 4. The fourth-order valence-corrected chi connectivity index (χ4v) is 5.65. The highest BCUT2D eigenvalue weighted by atomic mass is 35.5. The molecule has 2 aliphatic rings. The van der Waals surface area contributed by atoms with Crippen molar-refractivity contribution in [2.45, 2.75) is 19.9 Å². The number of amides is 1. The van der Waals surface area contributed by atoms with Crippen LogP contribution in [-0.4, -0.2) is 35.4 Å². The molecule has 2 aliphatic heterocycles. The van der Waals surface area contributed by atoms with Crippen molar-refractivity contribution >= 4 is 39.9 Å². The molecule has 0 saturated carbocycles. The first-order chi connectivity index (χ1) is 13.1. The highest BCUT2D eigenvalue weighted by Gasteiger charge is 2.47. The second-order valence-electron chi connectivity index (χ2n) is 7.76. The molecule has 146 valence electrons. The van der Waals surface area contributed by atoms with E-state index in [9.17, 15) is 4.79 Å². The zero-order valence-corrected chi connectivity index (χ0v) is 17.6. The second kappa shape index (κ2) is 7.47. The van der Waals surface area contributed by atoms with E-state index < -0.39 is 0 Å². The molecular formula is C22H24ClN3OS. The smallest absolute Gasteiger partial charge is 0.254 e. The lowest BCUT2D eigenvalue weighted by atomic mass is 9.87. The first-order valence-electron chi connectivity index (χ1n) is 9.56. The van der Waals surface area contributed by atoms with Crippen molar-refractivity contribution in [2.24, 2.45) is 11.8 Å². The number of carbonyl (C=O) groups is 1. The van der Waals surface area contributed by atoms with Crippen LogP contribution in [0.4, 0.5) is 0 Å². The Morgan fingerprint density at radius 2 is 2.00 bits per heavy atom. The van der Waals surface area contributed by atoms with Gasteiger partial charge in [-0.15, -0.1) is 23.7 Å². The Hall–Kier alpha value is -1.95. The van der Waals surface area contributed by atoms with Crippen LogP contribution >= 0.6 is 23.7 Å². The number of aromatic nitrogens is 1. The molecule has 1 aromatic heterocycles. The molecule has 1 amide bonds. The minimum absolute atomic E-state index is 0. The minimum atomic E-state index is 0. The van der Waals surface area contributed by atoms with E-state index in [0.29, 0.717) is 11.8 Å². The van der Waals surface area contributed by atoms with Gasteiger partial charge in [0, 0.05) is 31.1 Å². The predicted octanol–water partition coefficient (Wildman–Crippen LogP) is 4.37. The Labute approximate surface area is 175 Å². The molecule has 3 heterocycles. The molecule has 1 N–H and O–H groups in total. The lowest BCUT2D eigenvalue weighted by Gasteiger charge is -2.29. The summed E-state index contributed by atoms with van der Waals surface area (Å²) in [4.78, 5) is 20.1. The standard InChI is InChI=1S/C22H23N3OS.ClH/c1-13-5-3-4-6-17(13)21-18-11-23-10-16(18)12-25(21)22(26)15-7-8-19-20(9-15)27-14(2)24-19;/h3-9,16,18,21,23H,10-12H2,1-2H3;1H/t16-,18-,21+;/m0./s1. The monoisotopic (exact) mass is 413 g/mol. The molecule has 28 heavy (non-hydrogen) atoms. The highest BCUT2D eigenvalue weighted by Crippen LogP contribution is 2.44. The summed E-state index contributed by atoms with van der Waals surface area (Å²) in [5.41, 5.74) is 4.31. The summed E-state index contributed by atoms with van der Waals surface area (Å²) in [7, 11) is 0. The van der Waals surface area contributed by atoms with Gasteiger partial charge in [-0.25, -0.2) is 4.98 Å². The molecule has 5 rings (SSSR count). The molecule has 3 aromatic rings. The average Bonchev–Trinajstić information content (AvgIpc) is 3.34. The van der Waals surface area contributed by atoms with Crippen molar-refractivity contribution in [1.82, 2.24) is 15.2 Å². The van der Waals surface area contributed by atoms with Crippen LogP contribution in [0.5, 0.6) is 0 Å². The number of thiazole rings is 1. The zero-order chi connectivity index (χ0) is 18.5. The van der Waals surface area contributed by atoms with E-state index in [2.05, 4.69) is 46.4 Å². The predicted molar refractivity (Wildman–Crippen MR) is 116 cm³/mol. The van der Waals surface area contributed by atoms with Crippen LogP contribution in [0.3, 0.4) is 0 Å². The highest BCUT2D eigenvalue weighted by molar-refractivity contribution is 7.18. The third-order valence-electron chi connectivity index (χ3n) is 6.07. The minimum Gasteiger partial charge on any atom is -0.331 e. The molecule has 0 unspecified atom stereocenters. The van der Waals surface area contributed by atoms with Crippen molar-refractivity contribution < 1.29 is 4.79 Å². The number of nitrogens with zero attached hydrogens (tertiary/aromatic N) is 2. The summed E-state index contributed by atoms with van der Waals surface area (Å²) in [5.74, 6) is 1.17. The van der Waals surface area contributed by atoms with Gasteiger partial charge in [0.2, 0.25) is 0 Å². The Morgan fingerprint density at radius 1 is 1.18 bits per heavy atom. The number of fused-ring (bicyclic) bond motifs is 2. The number of aryl methyl sites for hydroxylation is 2. The van der Waals surface area contributed by atoms with Crippen LogP contribution in [0.15, 0.2) is 42.5 Å². The van der Waals surface area contributed by atoms with Gasteiger partial charge in [-0.1, -0.05) is 24.3 Å². The Bertz CT molecular complexity index is 1030. The number of hydrogen-bond donors (Lipinski definition) is 1. The molecule has 2 saturated heterocycles. The SMILES string of the molecule is Cc1nc2ccc(C(=O)N3C[C@@H]4CNC[C@@H]4[C@H]3c3ccccc3C)cc2s1.Cl. The lowest BCUT2D eigenvalue weighted by Crippen LogP contribution is -2.35. The first kappa shape index (κ1) is 19.4. The summed E-state index contributed by atoms with van der Waals surface area (Å²) >= 11 is 1.65. The third kappa shape index (κ3) is 3.11. The molecule has 3 atom stereocenters. The molecule has 6 heteroatoms. The van der Waals surface area contributed by atoms with Crippen molar-refractivity contribution in [2.75, 3.05) is 19.6 Å². The van der Waals surface area contributed by atoms with Crippen molar-refractivity contribution in [1.29, 1.82) is 0 Å². The van der Waals surface area contributed by atoms with E-state index >= 15 is 0 Å². The van der Waals surface area contributed by atoms with Gasteiger partial charge in [0.05, 0.1) is 21.3 Å². The van der Waals surface area contributed by atoms with Gasteiger partial charge in [0.15, 0.2) is 0 Å². The lowest BCUT2D eigenvalue weighted by molar-refractivity contribution is 0.0714. The number of halogens is 1. The van der Waals surface area contributed by atoms with Gasteiger partial charge < -0.3 is 10.2 Å². The number of benzene rings is 2.